The Kier molecular flexibility index (Phi) is 5.87. The van der Waals surface area contributed by atoms with Crippen LogP contribution < -0.4 is 5.73 Å². The second-order valence-electron chi connectivity index (χ2n) is 5.24. The predicted octanol–water partition coefficient (Wildman–Crippen LogP) is 4.03. The van der Waals surface area contributed by atoms with Crippen molar-refractivity contribution in [3.8, 4) is 0 Å². The van der Waals surface area contributed by atoms with Gasteiger partial charge in [-0.1, -0.05) is 45.6 Å². The van der Waals surface area contributed by atoms with Gasteiger partial charge in [-0.2, -0.15) is 0 Å². The monoisotopic (exact) mass is 263 g/mol. The molecular weight excluding hydrogens is 238 g/mol. The SMILES string of the molecule is CCCCC(CC)Cc1ccc(C(=O)O)c(N)c1C. The molecule has 0 aromatic heterocycles. The Morgan fingerprint density at radius 3 is 2.58 bits per heavy atom. The van der Waals surface area contributed by atoms with Gasteiger partial charge in [0.25, 0.3) is 0 Å². The standard InChI is InChI=1S/C16H25NO2/c1-4-6-7-12(5-2)10-13-8-9-14(16(18)19)15(17)11(13)3/h8-9,12H,4-7,10,17H2,1-3H3,(H,18,19). The normalized spacial score (nSPS) is 12.4. The van der Waals surface area contributed by atoms with Crippen LogP contribution in [-0.2, 0) is 6.42 Å². The highest BCUT2D eigenvalue weighted by atomic mass is 16.4. The Labute approximate surface area is 115 Å². The number of aromatic carboxylic acids is 1. The molecule has 1 aromatic carbocycles. The lowest BCUT2D eigenvalue weighted by Crippen LogP contribution is -2.09. The van der Waals surface area contributed by atoms with Gasteiger partial charge in [0.2, 0.25) is 0 Å². The molecule has 1 aromatic rings. The van der Waals surface area contributed by atoms with E-state index in [1.807, 2.05) is 13.0 Å². The van der Waals surface area contributed by atoms with Gasteiger partial charge < -0.3 is 10.8 Å². The molecule has 0 heterocycles. The smallest absolute Gasteiger partial charge is 0.337 e. The van der Waals surface area contributed by atoms with Crippen LogP contribution in [0.2, 0.25) is 0 Å². The molecule has 3 N–H and O–H groups in total. The van der Waals surface area contributed by atoms with Crippen molar-refractivity contribution >= 4 is 11.7 Å². The quantitative estimate of drug-likeness (QED) is 0.730. The molecule has 0 aliphatic heterocycles. The fraction of sp³-hybridized carbons (Fsp3) is 0.562. The minimum Gasteiger partial charge on any atom is -0.478 e. The van der Waals surface area contributed by atoms with Gasteiger partial charge in [0, 0.05) is 5.69 Å². The summed E-state index contributed by atoms with van der Waals surface area (Å²) in [6.07, 6.45) is 5.84. The number of nitrogens with two attached hydrogens (primary N) is 1. The van der Waals surface area contributed by atoms with E-state index in [2.05, 4.69) is 13.8 Å². The van der Waals surface area contributed by atoms with Crippen LogP contribution in [0.3, 0.4) is 0 Å². The largest absolute Gasteiger partial charge is 0.478 e. The van der Waals surface area contributed by atoms with Gasteiger partial charge in [-0.25, -0.2) is 4.79 Å². The highest BCUT2D eigenvalue weighted by Gasteiger charge is 2.15. The molecule has 0 spiro atoms. The molecule has 1 unspecified atom stereocenters. The highest BCUT2D eigenvalue weighted by molar-refractivity contribution is 5.94. The zero-order valence-corrected chi connectivity index (χ0v) is 12.2. The van der Waals surface area contributed by atoms with Gasteiger partial charge in [0.15, 0.2) is 0 Å². The van der Waals surface area contributed by atoms with E-state index in [1.54, 1.807) is 6.07 Å². The van der Waals surface area contributed by atoms with Crippen LogP contribution >= 0.6 is 0 Å². The number of rotatable bonds is 7. The zero-order valence-electron chi connectivity index (χ0n) is 12.2. The summed E-state index contributed by atoms with van der Waals surface area (Å²) in [5.74, 6) is -0.293. The number of carboxylic acids is 1. The molecule has 0 radical (unpaired) electrons. The van der Waals surface area contributed by atoms with Crippen molar-refractivity contribution in [2.75, 3.05) is 5.73 Å². The van der Waals surface area contributed by atoms with E-state index in [0.29, 0.717) is 11.6 Å². The predicted molar refractivity (Wildman–Crippen MR) is 79.6 cm³/mol. The van der Waals surface area contributed by atoms with E-state index in [9.17, 15) is 4.79 Å². The fourth-order valence-electron chi connectivity index (χ4n) is 2.44. The summed E-state index contributed by atoms with van der Waals surface area (Å²) >= 11 is 0. The molecule has 0 saturated carbocycles. The number of anilines is 1. The number of hydrogen-bond acceptors (Lipinski definition) is 2. The van der Waals surface area contributed by atoms with Crippen LogP contribution in [0.1, 0.15) is 61.0 Å². The molecule has 19 heavy (non-hydrogen) atoms. The molecule has 0 bridgehead atoms. The second-order valence-corrected chi connectivity index (χ2v) is 5.24. The maximum atomic E-state index is 11.0. The number of unbranched alkanes of at least 4 members (excludes halogenated alkanes) is 1. The average molecular weight is 263 g/mol. The molecule has 0 aliphatic rings. The first-order valence-corrected chi connectivity index (χ1v) is 7.12. The van der Waals surface area contributed by atoms with Gasteiger partial charge in [-0.15, -0.1) is 0 Å². The van der Waals surface area contributed by atoms with Gasteiger partial charge in [-0.3, -0.25) is 0 Å². The van der Waals surface area contributed by atoms with E-state index in [4.69, 9.17) is 10.8 Å². The summed E-state index contributed by atoms with van der Waals surface area (Å²) in [7, 11) is 0. The van der Waals surface area contributed by atoms with Gasteiger partial charge in [0.05, 0.1) is 5.56 Å². The fourth-order valence-corrected chi connectivity index (χ4v) is 2.44. The highest BCUT2D eigenvalue weighted by Crippen LogP contribution is 2.26. The van der Waals surface area contributed by atoms with Crippen LogP contribution in [0, 0.1) is 12.8 Å². The third-order valence-corrected chi connectivity index (χ3v) is 3.91. The molecule has 106 valence electrons. The number of carbonyl (C=O) groups is 1. The second kappa shape index (κ2) is 7.17. The molecule has 0 fully saturated rings. The molecule has 3 heteroatoms. The lowest BCUT2D eigenvalue weighted by Gasteiger charge is -2.17. The number of benzene rings is 1. The Bertz CT molecular complexity index is 441. The number of hydrogen-bond donors (Lipinski definition) is 2. The van der Waals surface area contributed by atoms with Crippen molar-refractivity contribution in [3.05, 3.63) is 28.8 Å². The molecule has 3 nitrogen and oxygen atoms in total. The van der Waals surface area contributed by atoms with Crippen LogP contribution in [-0.4, -0.2) is 11.1 Å². The van der Waals surface area contributed by atoms with Crippen molar-refractivity contribution < 1.29 is 9.90 Å². The summed E-state index contributed by atoms with van der Waals surface area (Å²) in [4.78, 5) is 11.0. The van der Waals surface area contributed by atoms with Crippen molar-refractivity contribution in [3.63, 3.8) is 0 Å². The Morgan fingerprint density at radius 2 is 2.05 bits per heavy atom. The van der Waals surface area contributed by atoms with E-state index in [1.165, 1.54) is 24.8 Å². The summed E-state index contributed by atoms with van der Waals surface area (Å²) in [6, 6.07) is 3.55. The first-order valence-electron chi connectivity index (χ1n) is 7.12. The molecule has 0 aliphatic carbocycles. The van der Waals surface area contributed by atoms with Crippen molar-refractivity contribution in [1.82, 2.24) is 0 Å². The van der Waals surface area contributed by atoms with Crippen molar-refractivity contribution in [2.24, 2.45) is 5.92 Å². The van der Waals surface area contributed by atoms with E-state index >= 15 is 0 Å². The Morgan fingerprint density at radius 1 is 1.37 bits per heavy atom. The van der Waals surface area contributed by atoms with E-state index in [0.717, 1.165) is 18.4 Å². The van der Waals surface area contributed by atoms with Crippen LogP contribution in [0.25, 0.3) is 0 Å². The summed E-state index contributed by atoms with van der Waals surface area (Å²) in [6.45, 7) is 6.34. The van der Waals surface area contributed by atoms with Gasteiger partial charge in [0.1, 0.15) is 0 Å². The Balaban J connectivity index is 2.90. The maximum Gasteiger partial charge on any atom is 0.337 e. The van der Waals surface area contributed by atoms with Crippen molar-refractivity contribution in [1.29, 1.82) is 0 Å². The first-order chi connectivity index (χ1) is 9.01. The maximum absolute atomic E-state index is 11.0. The molecule has 0 saturated heterocycles. The lowest BCUT2D eigenvalue weighted by molar-refractivity contribution is 0.0698. The lowest BCUT2D eigenvalue weighted by atomic mass is 9.89. The number of carboxylic acid groups (broad SMARTS) is 1. The van der Waals surface area contributed by atoms with Crippen LogP contribution in [0.4, 0.5) is 5.69 Å². The first kappa shape index (κ1) is 15.5. The average Bonchev–Trinajstić information content (AvgIpc) is 2.39. The minimum atomic E-state index is -0.954. The van der Waals surface area contributed by atoms with E-state index in [-0.39, 0.29) is 5.56 Å². The summed E-state index contributed by atoms with van der Waals surface area (Å²) in [5.41, 5.74) is 8.66. The molecule has 1 atom stereocenters. The minimum absolute atomic E-state index is 0.211. The molecule has 1 rings (SSSR count). The summed E-state index contributed by atoms with van der Waals surface area (Å²) in [5, 5.41) is 9.05. The van der Waals surface area contributed by atoms with E-state index < -0.39 is 5.97 Å². The molecule has 0 amide bonds. The Hall–Kier alpha value is -1.51. The van der Waals surface area contributed by atoms with Gasteiger partial charge in [-0.05, 0) is 36.5 Å². The van der Waals surface area contributed by atoms with Crippen LogP contribution in [0.15, 0.2) is 12.1 Å². The van der Waals surface area contributed by atoms with Crippen molar-refractivity contribution in [2.45, 2.75) is 52.9 Å². The summed E-state index contributed by atoms with van der Waals surface area (Å²) < 4.78 is 0. The van der Waals surface area contributed by atoms with Gasteiger partial charge >= 0.3 is 5.97 Å². The third kappa shape index (κ3) is 3.98. The number of nitrogen functional groups attached to an aromatic ring is 1. The third-order valence-electron chi connectivity index (χ3n) is 3.91. The zero-order chi connectivity index (χ0) is 14.4. The van der Waals surface area contributed by atoms with Crippen LogP contribution in [0.5, 0.6) is 0 Å². The molecular formula is C16H25NO2. The topological polar surface area (TPSA) is 63.3 Å².